The van der Waals surface area contributed by atoms with Crippen LogP contribution >= 0.6 is 11.6 Å². The van der Waals surface area contributed by atoms with Crippen LogP contribution in [0.25, 0.3) is 0 Å². The Labute approximate surface area is 219 Å². The van der Waals surface area contributed by atoms with E-state index in [1.807, 2.05) is 30.3 Å². The van der Waals surface area contributed by atoms with Crippen LogP contribution in [0.3, 0.4) is 0 Å². The number of hydrogen-bond acceptors (Lipinski definition) is 5. The Morgan fingerprint density at radius 3 is 2.50 bits per heavy atom. The Balaban J connectivity index is 1.43. The lowest BCUT2D eigenvalue weighted by atomic mass is 10.1. The van der Waals surface area contributed by atoms with Gasteiger partial charge < -0.3 is 15.5 Å². The Bertz CT molecular complexity index is 1100. The molecule has 0 aliphatic carbocycles. The van der Waals surface area contributed by atoms with Crippen molar-refractivity contribution in [1.29, 1.82) is 0 Å². The monoisotopic (exact) mass is 505 g/mol. The fourth-order valence-electron chi connectivity index (χ4n) is 4.85. The maximum atomic E-state index is 13.3. The molecule has 0 unspecified atom stereocenters. The van der Waals surface area contributed by atoms with Crippen LogP contribution < -0.4 is 15.5 Å². The van der Waals surface area contributed by atoms with E-state index < -0.39 is 0 Å². The number of pyridine rings is 1. The Hall–Kier alpha value is -2.93. The first-order chi connectivity index (χ1) is 17.6. The normalized spacial score (nSPS) is 17.8. The van der Waals surface area contributed by atoms with Crippen molar-refractivity contribution in [3.05, 3.63) is 94.8 Å². The van der Waals surface area contributed by atoms with Gasteiger partial charge in [0.2, 0.25) is 5.91 Å². The molecule has 4 rings (SSSR count). The Kier molecular flexibility index (Phi) is 9.34. The number of halogens is 1. The molecule has 2 aromatic carbocycles. The van der Waals surface area contributed by atoms with E-state index in [9.17, 15) is 4.79 Å². The maximum absolute atomic E-state index is 13.3. The van der Waals surface area contributed by atoms with E-state index in [0.717, 1.165) is 55.3 Å². The van der Waals surface area contributed by atoms with E-state index in [2.05, 4.69) is 69.6 Å². The second kappa shape index (κ2) is 12.9. The summed E-state index contributed by atoms with van der Waals surface area (Å²) in [7, 11) is 0. The molecule has 2 heterocycles. The summed E-state index contributed by atoms with van der Waals surface area (Å²) in [5.41, 5.74) is 4.59. The van der Waals surface area contributed by atoms with Gasteiger partial charge in [-0.1, -0.05) is 41.9 Å². The number of likely N-dealkylation sites (tertiary alicyclic amines) is 1. The van der Waals surface area contributed by atoms with Crippen molar-refractivity contribution in [2.24, 2.45) is 0 Å². The Morgan fingerprint density at radius 1 is 1.03 bits per heavy atom. The van der Waals surface area contributed by atoms with Crippen molar-refractivity contribution in [3.8, 4) is 0 Å². The molecule has 1 aliphatic heterocycles. The quantitative estimate of drug-likeness (QED) is 0.398. The van der Waals surface area contributed by atoms with Crippen molar-refractivity contribution in [2.75, 3.05) is 24.5 Å². The van der Waals surface area contributed by atoms with E-state index in [4.69, 9.17) is 11.6 Å². The molecular weight excluding hydrogens is 470 g/mol. The van der Waals surface area contributed by atoms with Gasteiger partial charge in [0.15, 0.2) is 0 Å². The largest absolute Gasteiger partial charge is 0.372 e. The molecule has 36 heavy (non-hydrogen) atoms. The zero-order valence-electron chi connectivity index (χ0n) is 21.2. The summed E-state index contributed by atoms with van der Waals surface area (Å²) in [4.78, 5) is 22.1. The highest BCUT2D eigenvalue weighted by atomic mass is 35.5. The van der Waals surface area contributed by atoms with Gasteiger partial charge in [-0.15, -0.1) is 0 Å². The summed E-state index contributed by atoms with van der Waals surface area (Å²) in [6.45, 7) is 9.07. The molecule has 3 aromatic rings. The van der Waals surface area contributed by atoms with E-state index in [-0.39, 0.29) is 18.0 Å². The number of rotatable bonds is 11. The molecule has 0 radical (unpaired) electrons. The summed E-state index contributed by atoms with van der Waals surface area (Å²) >= 11 is 6.16. The van der Waals surface area contributed by atoms with Gasteiger partial charge in [0.25, 0.3) is 0 Å². The average Bonchev–Trinajstić information content (AvgIpc) is 3.31. The van der Waals surface area contributed by atoms with Gasteiger partial charge in [-0.05, 0) is 67.3 Å². The minimum absolute atomic E-state index is 0.0608. The molecule has 1 fully saturated rings. The Morgan fingerprint density at radius 2 is 1.81 bits per heavy atom. The van der Waals surface area contributed by atoms with Gasteiger partial charge in [0.05, 0.1) is 6.04 Å². The van der Waals surface area contributed by atoms with Gasteiger partial charge in [-0.2, -0.15) is 0 Å². The second-order valence-electron chi connectivity index (χ2n) is 9.31. The molecular formula is C29H36ClN5O. The van der Waals surface area contributed by atoms with Crippen LogP contribution in [0.15, 0.2) is 73.1 Å². The smallest absolute Gasteiger partial charge is 0.237 e. The number of anilines is 1. The lowest BCUT2D eigenvalue weighted by Crippen LogP contribution is -2.42. The van der Waals surface area contributed by atoms with Crippen LogP contribution in [0.5, 0.6) is 0 Å². The number of benzene rings is 2. The molecule has 1 aromatic heterocycles. The van der Waals surface area contributed by atoms with E-state index in [0.29, 0.717) is 6.54 Å². The third-order valence-electron chi connectivity index (χ3n) is 6.83. The lowest BCUT2D eigenvalue weighted by molar-refractivity contribution is -0.125. The first-order valence-corrected chi connectivity index (χ1v) is 13.2. The molecule has 1 amide bonds. The molecule has 0 saturated carbocycles. The molecule has 1 saturated heterocycles. The molecule has 0 spiro atoms. The number of nitrogens with one attached hydrogen (secondary N) is 2. The van der Waals surface area contributed by atoms with Crippen LogP contribution in [0.1, 0.15) is 37.0 Å². The van der Waals surface area contributed by atoms with Crippen molar-refractivity contribution < 1.29 is 4.79 Å². The van der Waals surface area contributed by atoms with Crippen molar-refractivity contribution in [1.82, 2.24) is 20.5 Å². The molecule has 1 aliphatic rings. The van der Waals surface area contributed by atoms with Gasteiger partial charge >= 0.3 is 0 Å². The van der Waals surface area contributed by atoms with Crippen LogP contribution in [0.4, 0.5) is 5.69 Å². The van der Waals surface area contributed by atoms with E-state index in [1.165, 1.54) is 11.3 Å². The minimum Gasteiger partial charge on any atom is -0.372 e. The molecule has 0 bridgehead atoms. The van der Waals surface area contributed by atoms with Crippen LogP contribution in [0, 0.1) is 0 Å². The van der Waals surface area contributed by atoms with Gasteiger partial charge in [-0.25, -0.2) is 0 Å². The highest BCUT2D eigenvalue weighted by Crippen LogP contribution is 2.23. The summed E-state index contributed by atoms with van der Waals surface area (Å²) in [6, 6.07) is 20.5. The SMILES string of the molecule is CCN(CC)c1ccc(CN2C[C@@H](NCc3cccc(Cl)c3)C[C@H]2C(=O)NCc2cccnc2)cc1. The summed E-state index contributed by atoms with van der Waals surface area (Å²) in [5.74, 6) is 0.0608. The number of nitrogens with zero attached hydrogens (tertiary/aromatic N) is 3. The number of amides is 1. The van der Waals surface area contributed by atoms with Crippen molar-refractivity contribution >= 4 is 23.2 Å². The molecule has 6 nitrogen and oxygen atoms in total. The molecule has 190 valence electrons. The third-order valence-corrected chi connectivity index (χ3v) is 7.07. The van der Waals surface area contributed by atoms with Crippen LogP contribution in [0.2, 0.25) is 5.02 Å². The van der Waals surface area contributed by atoms with Crippen molar-refractivity contribution in [3.63, 3.8) is 0 Å². The minimum atomic E-state index is -0.194. The van der Waals surface area contributed by atoms with E-state index >= 15 is 0 Å². The zero-order valence-corrected chi connectivity index (χ0v) is 21.9. The molecule has 7 heteroatoms. The number of aromatic nitrogens is 1. The summed E-state index contributed by atoms with van der Waals surface area (Å²) < 4.78 is 0. The number of hydrogen-bond donors (Lipinski definition) is 2. The topological polar surface area (TPSA) is 60.5 Å². The molecule has 2 N–H and O–H groups in total. The van der Waals surface area contributed by atoms with Crippen LogP contribution in [-0.2, 0) is 24.4 Å². The lowest BCUT2D eigenvalue weighted by Gasteiger charge is -2.25. The zero-order chi connectivity index (χ0) is 25.3. The predicted molar refractivity (Wildman–Crippen MR) is 147 cm³/mol. The highest BCUT2D eigenvalue weighted by Gasteiger charge is 2.36. The first-order valence-electron chi connectivity index (χ1n) is 12.8. The van der Waals surface area contributed by atoms with Gasteiger partial charge in [-0.3, -0.25) is 14.7 Å². The summed E-state index contributed by atoms with van der Waals surface area (Å²) in [6.07, 6.45) is 4.29. The second-order valence-corrected chi connectivity index (χ2v) is 9.74. The highest BCUT2D eigenvalue weighted by molar-refractivity contribution is 6.30. The third kappa shape index (κ3) is 7.06. The fourth-order valence-corrected chi connectivity index (χ4v) is 5.07. The molecule has 2 atom stereocenters. The number of carbonyl (C=O) groups excluding carboxylic acids is 1. The number of carbonyl (C=O) groups is 1. The maximum Gasteiger partial charge on any atom is 0.237 e. The standard InChI is InChI=1S/C29H36ClN5O/c1-3-34(4-2)27-12-10-22(11-13-27)20-35-21-26(32-18-23-7-5-9-25(30)15-23)16-28(35)29(36)33-19-24-8-6-14-31-17-24/h5-15,17,26,28,32H,3-4,16,18-21H2,1-2H3,(H,33,36)/t26-,28-/m0/s1. The average molecular weight is 506 g/mol. The predicted octanol–water partition coefficient (Wildman–Crippen LogP) is 4.63. The summed E-state index contributed by atoms with van der Waals surface area (Å²) in [5, 5.41) is 7.51. The van der Waals surface area contributed by atoms with Crippen molar-refractivity contribution in [2.45, 2.75) is 52.0 Å². The van der Waals surface area contributed by atoms with Gasteiger partial charge in [0.1, 0.15) is 0 Å². The van der Waals surface area contributed by atoms with Gasteiger partial charge in [0, 0.05) is 68.4 Å². The fraction of sp³-hybridized carbons (Fsp3) is 0.379. The van der Waals surface area contributed by atoms with E-state index in [1.54, 1.807) is 12.4 Å². The first kappa shape index (κ1) is 26.1. The van der Waals surface area contributed by atoms with Crippen LogP contribution in [-0.4, -0.2) is 47.5 Å².